The summed E-state index contributed by atoms with van der Waals surface area (Å²) in [5.41, 5.74) is 5.88. The maximum atomic E-state index is 13.7. The van der Waals surface area contributed by atoms with Gasteiger partial charge in [-0.15, -0.1) is 0 Å². The summed E-state index contributed by atoms with van der Waals surface area (Å²) in [4.78, 5) is 0. The third-order valence-electron chi connectivity index (χ3n) is 2.12. The summed E-state index contributed by atoms with van der Waals surface area (Å²) in [6.07, 6.45) is 0.254. The first-order valence-electron chi connectivity index (χ1n) is 4.50. The van der Waals surface area contributed by atoms with Crippen molar-refractivity contribution in [3.05, 3.63) is 28.5 Å². The Kier molecular flexibility index (Phi) is 4.32. The van der Waals surface area contributed by atoms with E-state index in [1.807, 2.05) is 0 Å². The summed E-state index contributed by atoms with van der Waals surface area (Å²) in [6.45, 7) is -0.117. The van der Waals surface area contributed by atoms with Crippen LogP contribution in [0.1, 0.15) is 18.0 Å². The molecule has 0 aliphatic rings. The smallest absolute Gasteiger partial charge is 0.171 e. The van der Waals surface area contributed by atoms with Crippen molar-refractivity contribution in [1.82, 2.24) is 0 Å². The molecule has 0 aliphatic carbocycles. The van der Waals surface area contributed by atoms with Crippen molar-refractivity contribution >= 4 is 11.6 Å². The van der Waals surface area contributed by atoms with E-state index in [1.54, 1.807) is 0 Å². The molecule has 3 nitrogen and oxygen atoms in total. The van der Waals surface area contributed by atoms with Crippen LogP contribution in [0.3, 0.4) is 0 Å². The van der Waals surface area contributed by atoms with Crippen LogP contribution in [-0.4, -0.2) is 18.8 Å². The molecule has 0 heterocycles. The van der Waals surface area contributed by atoms with E-state index in [-0.39, 0.29) is 29.4 Å². The van der Waals surface area contributed by atoms with Gasteiger partial charge in [0.1, 0.15) is 0 Å². The summed E-state index contributed by atoms with van der Waals surface area (Å²) in [5, 5.41) is 8.97. The Balaban J connectivity index is 3.14. The van der Waals surface area contributed by atoms with Gasteiger partial charge in [0.05, 0.1) is 7.11 Å². The van der Waals surface area contributed by atoms with E-state index < -0.39 is 11.9 Å². The lowest BCUT2D eigenvalue weighted by Crippen LogP contribution is -2.14. The highest BCUT2D eigenvalue weighted by Gasteiger charge is 2.18. The quantitative estimate of drug-likeness (QED) is 0.835. The van der Waals surface area contributed by atoms with E-state index in [0.717, 1.165) is 0 Å². The van der Waals surface area contributed by atoms with Crippen LogP contribution >= 0.6 is 11.6 Å². The van der Waals surface area contributed by atoms with Gasteiger partial charge >= 0.3 is 0 Å². The number of methoxy groups -OCH3 is 1. The Labute approximate surface area is 92.6 Å². The SMILES string of the molecule is COc1ccc(Cl)c(C(N)CCO)c1F. The Morgan fingerprint density at radius 3 is 2.80 bits per heavy atom. The third kappa shape index (κ3) is 2.59. The molecule has 84 valence electrons. The van der Waals surface area contributed by atoms with Crippen LogP contribution in [0.15, 0.2) is 12.1 Å². The molecule has 0 saturated carbocycles. The summed E-state index contributed by atoms with van der Waals surface area (Å²) < 4.78 is 18.6. The van der Waals surface area contributed by atoms with Gasteiger partial charge in [0.25, 0.3) is 0 Å². The molecular weight excluding hydrogens is 221 g/mol. The lowest BCUT2D eigenvalue weighted by Gasteiger charge is -2.15. The van der Waals surface area contributed by atoms with Crippen molar-refractivity contribution < 1.29 is 14.2 Å². The second-order valence-corrected chi connectivity index (χ2v) is 3.50. The fraction of sp³-hybridized carbons (Fsp3) is 0.400. The first-order chi connectivity index (χ1) is 7.11. The van der Waals surface area contributed by atoms with Gasteiger partial charge in [-0.2, -0.15) is 0 Å². The maximum Gasteiger partial charge on any atom is 0.171 e. The molecule has 0 fully saturated rings. The number of nitrogens with two attached hydrogens (primary N) is 1. The van der Waals surface area contributed by atoms with Gasteiger partial charge in [0.15, 0.2) is 11.6 Å². The van der Waals surface area contributed by atoms with Gasteiger partial charge in [0, 0.05) is 23.2 Å². The highest BCUT2D eigenvalue weighted by Crippen LogP contribution is 2.31. The summed E-state index contributed by atoms with van der Waals surface area (Å²) >= 11 is 5.83. The number of halogens is 2. The zero-order chi connectivity index (χ0) is 11.4. The zero-order valence-corrected chi connectivity index (χ0v) is 9.09. The average Bonchev–Trinajstić information content (AvgIpc) is 2.18. The first kappa shape index (κ1) is 12.2. The fourth-order valence-corrected chi connectivity index (χ4v) is 1.62. The van der Waals surface area contributed by atoms with Crippen LogP contribution in [0.4, 0.5) is 4.39 Å². The number of aliphatic hydroxyl groups is 1. The Hall–Kier alpha value is -0.840. The molecule has 3 N–H and O–H groups in total. The second kappa shape index (κ2) is 5.30. The van der Waals surface area contributed by atoms with Crippen LogP contribution in [0.5, 0.6) is 5.75 Å². The van der Waals surface area contributed by atoms with Gasteiger partial charge in [0.2, 0.25) is 0 Å². The molecular formula is C10H13ClFNO2. The van der Waals surface area contributed by atoms with Crippen molar-refractivity contribution in [1.29, 1.82) is 0 Å². The van der Waals surface area contributed by atoms with Crippen LogP contribution in [0.25, 0.3) is 0 Å². The topological polar surface area (TPSA) is 55.5 Å². The summed E-state index contributed by atoms with van der Waals surface area (Å²) in [6, 6.07) is 2.33. The van der Waals surface area contributed by atoms with Gasteiger partial charge < -0.3 is 15.6 Å². The molecule has 0 bridgehead atoms. The number of ether oxygens (including phenoxy) is 1. The highest BCUT2D eigenvalue weighted by molar-refractivity contribution is 6.31. The van der Waals surface area contributed by atoms with E-state index in [2.05, 4.69) is 0 Å². The number of hydrogen-bond donors (Lipinski definition) is 2. The normalized spacial score (nSPS) is 12.6. The van der Waals surface area contributed by atoms with Crippen molar-refractivity contribution in [2.24, 2.45) is 5.73 Å². The largest absolute Gasteiger partial charge is 0.494 e. The molecule has 15 heavy (non-hydrogen) atoms. The Morgan fingerprint density at radius 1 is 1.60 bits per heavy atom. The molecule has 0 amide bonds. The van der Waals surface area contributed by atoms with Crippen molar-refractivity contribution in [3.63, 3.8) is 0 Å². The van der Waals surface area contributed by atoms with Crippen LogP contribution in [0.2, 0.25) is 5.02 Å². The van der Waals surface area contributed by atoms with Crippen LogP contribution in [0, 0.1) is 5.82 Å². The molecule has 0 saturated heterocycles. The number of aliphatic hydroxyl groups excluding tert-OH is 1. The fourth-order valence-electron chi connectivity index (χ4n) is 1.33. The van der Waals surface area contributed by atoms with Crippen molar-refractivity contribution in [2.75, 3.05) is 13.7 Å². The Bertz CT molecular complexity index is 346. The highest BCUT2D eigenvalue weighted by atomic mass is 35.5. The third-order valence-corrected chi connectivity index (χ3v) is 2.45. The van der Waals surface area contributed by atoms with Gasteiger partial charge in [-0.1, -0.05) is 11.6 Å². The number of benzene rings is 1. The van der Waals surface area contributed by atoms with Gasteiger partial charge in [-0.3, -0.25) is 0 Å². The Morgan fingerprint density at radius 2 is 2.27 bits per heavy atom. The minimum atomic E-state index is -0.627. The summed E-state index contributed by atoms with van der Waals surface area (Å²) in [7, 11) is 1.37. The van der Waals surface area contributed by atoms with Gasteiger partial charge in [-0.05, 0) is 18.6 Å². The minimum Gasteiger partial charge on any atom is -0.494 e. The van der Waals surface area contributed by atoms with E-state index >= 15 is 0 Å². The zero-order valence-electron chi connectivity index (χ0n) is 8.34. The van der Waals surface area contributed by atoms with Crippen molar-refractivity contribution in [2.45, 2.75) is 12.5 Å². The van der Waals surface area contributed by atoms with Crippen molar-refractivity contribution in [3.8, 4) is 5.75 Å². The molecule has 1 aromatic rings. The van der Waals surface area contributed by atoms with Crippen LogP contribution in [-0.2, 0) is 0 Å². The molecule has 0 aromatic heterocycles. The van der Waals surface area contributed by atoms with E-state index in [0.29, 0.717) is 0 Å². The maximum absolute atomic E-state index is 13.7. The van der Waals surface area contributed by atoms with Crippen LogP contribution < -0.4 is 10.5 Å². The molecule has 5 heteroatoms. The van der Waals surface area contributed by atoms with E-state index in [1.165, 1.54) is 19.2 Å². The molecule has 1 rings (SSSR count). The molecule has 0 radical (unpaired) electrons. The number of hydrogen-bond acceptors (Lipinski definition) is 3. The second-order valence-electron chi connectivity index (χ2n) is 3.10. The lowest BCUT2D eigenvalue weighted by molar-refractivity contribution is 0.275. The monoisotopic (exact) mass is 233 g/mol. The standard InChI is InChI=1S/C10H13ClFNO2/c1-15-8-3-2-6(11)9(10(8)12)7(13)4-5-14/h2-3,7,14H,4-5,13H2,1H3. The average molecular weight is 234 g/mol. The van der Waals surface area contributed by atoms with E-state index in [4.69, 9.17) is 27.2 Å². The predicted octanol–water partition coefficient (Wildman–Crippen LogP) is 1.87. The molecule has 1 unspecified atom stereocenters. The number of rotatable bonds is 4. The van der Waals surface area contributed by atoms with E-state index in [9.17, 15) is 4.39 Å². The molecule has 0 spiro atoms. The lowest BCUT2D eigenvalue weighted by atomic mass is 10.0. The molecule has 1 atom stereocenters. The molecule has 1 aromatic carbocycles. The first-order valence-corrected chi connectivity index (χ1v) is 4.88. The van der Waals surface area contributed by atoms with Gasteiger partial charge in [-0.25, -0.2) is 4.39 Å². The predicted molar refractivity (Wildman–Crippen MR) is 56.6 cm³/mol. The minimum absolute atomic E-state index is 0.0998. The molecule has 0 aliphatic heterocycles. The summed E-state index contributed by atoms with van der Waals surface area (Å²) in [5.74, 6) is -0.464.